The van der Waals surface area contributed by atoms with Gasteiger partial charge in [-0.25, -0.2) is 4.79 Å². The summed E-state index contributed by atoms with van der Waals surface area (Å²) in [5, 5.41) is 11.5. The monoisotopic (exact) mass is 194 g/mol. The molecule has 0 heterocycles. The topological polar surface area (TPSA) is 84.9 Å². The zero-order valence-electron chi connectivity index (χ0n) is 7.60. The summed E-state index contributed by atoms with van der Waals surface area (Å²) in [6.07, 6.45) is 0. The molecule has 0 aliphatic rings. The lowest BCUT2D eigenvalue weighted by molar-refractivity contribution is -0.132. The van der Waals surface area contributed by atoms with Gasteiger partial charge < -0.3 is 15.7 Å². The molecule has 1 aromatic rings. The molecule has 0 amide bonds. The van der Waals surface area contributed by atoms with E-state index in [1.165, 1.54) is 13.2 Å². The van der Waals surface area contributed by atoms with Crippen molar-refractivity contribution < 1.29 is 14.7 Å². The molecular weight excluding hydrogens is 184 g/mol. The van der Waals surface area contributed by atoms with Crippen molar-refractivity contribution in [2.45, 2.75) is 0 Å². The number of ether oxygens (including phenoxy) is 1. The second-order valence-electron chi connectivity index (χ2n) is 2.57. The largest absolute Gasteiger partial charge is 0.464 e. The smallest absolute Gasteiger partial charge is 0.360 e. The number of nitrogen functional groups attached to an aromatic ring is 1. The van der Waals surface area contributed by atoms with E-state index in [1.807, 2.05) is 0 Å². The fourth-order valence-electron chi connectivity index (χ4n) is 0.999. The summed E-state index contributed by atoms with van der Waals surface area (Å²) in [6.45, 7) is 0. The number of methoxy groups -OCH3 is 1. The van der Waals surface area contributed by atoms with Crippen LogP contribution in [0.15, 0.2) is 29.4 Å². The van der Waals surface area contributed by atoms with Crippen LogP contribution in [0.3, 0.4) is 0 Å². The molecule has 0 fully saturated rings. The number of oxime groups is 1. The summed E-state index contributed by atoms with van der Waals surface area (Å²) >= 11 is 0. The number of carbonyl (C=O) groups is 1. The second kappa shape index (κ2) is 4.27. The van der Waals surface area contributed by atoms with Crippen LogP contribution in [0.5, 0.6) is 0 Å². The number of hydrogen-bond acceptors (Lipinski definition) is 5. The molecule has 3 N–H and O–H groups in total. The maximum absolute atomic E-state index is 11.1. The molecule has 0 bridgehead atoms. The summed E-state index contributed by atoms with van der Waals surface area (Å²) in [5.74, 6) is -0.710. The summed E-state index contributed by atoms with van der Waals surface area (Å²) in [4.78, 5) is 11.1. The lowest BCUT2D eigenvalue weighted by Crippen LogP contribution is -2.17. The minimum absolute atomic E-state index is 0.167. The van der Waals surface area contributed by atoms with Crippen molar-refractivity contribution in [1.82, 2.24) is 0 Å². The van der Waals surface area contributed by atoms with Crippen LogP contribution in [-0.2, 0) is 9.53 Å². The minimum atomic E-state index is -0.710. The number of nitrogens with two attached hydrogens (primary N) is 1. The van der Waals surface area contributed by atoms with E-state index in [1.54, 1.807) is 18.2 Å². The molecule has 74 valence electrons. The van der Waals surface area contributed by atoms with E-state index in [4.69, 9.17) is 10.9 Å². The second-order valence-corrected chi connectivity index (χ2v) is 2.57. The third kappa shape index (κ3) is 2.01. The van der Waals surface area contributed by atoms with Crippen molar-refractivity contribution >= 4 is 17.4 Å². The van der Waals surface area contributed by atoms with Crippen molar-refractivity contribution in [2.24, 2.45) is 5.16 Å². The maximum Gasteiger partial charge on any atom is 0.360 e. The fourth-order valence-corrected chi connectivity index (χ4v) is 0.999. The van der Waals surface area contributed by atoms with Crippen LogP contribution in [0.4, 0.5) is 5.69 Å². The van der Waals surface area contributed by atoms with Crippen LogP contribution < -0.4 is 5.73 Å². The number of carbonyl (C=O) groups excluding carboxylic acids is 1. The molecule has 5 nitrogen and oxygen atoms in total. The standard InChI is InChI=1S/C9H10N2O3/c1-14-9(12)8(11-13)6-3-2-4-7(10)5-6/h2-5,13H,10H2,1H3/b11-8+. The Balaban J connectivity index is 3.08. The number of benzene rings is 1. The zero-order chi connectivity index (χ0) is 10.6. The Morgan fingerprint density at radius 3 is 2.79 bits per heavy atom. The van der Waals surface area contributed by atoms with Gasteiger partial charge in [-0.2, -0.15) is 0 Å². The lowest BCUT2D eigenvalue weighted by atomic mass is 10.1. The van der Waals surface area contributed by atoms with Gasteiger partial charge in [-0.15, -0.1) is 0 Å². The number of rotatable bonds is 2. The van der Waals surface area contributed by atoms with Gasteiger partial charge in [-0.3, -0.25) is 0 Å². The van der Waals surface area contributed by atoms with Crippen LogP contribution in [0.25, 0.3) is 0 Å². The van der Waals surface area contributed by atoms with E-state index in [2.05, 4.69) is 9.89 Å². The van der Waals surface area contributed by atoms with Gasteiger partial charge in [0.1, 0.15) is 0 Å². The first-order valence-electron chi connectivity index (χ1n) is 3.85. The fraction of sp³-hybridized carbons (Fsp3) is 0.111. The summed E-state index contributed by atoms with van der Waals surface area (Å²) in [7, 11) is 1.21. The van der Waals surface area contributed by atoms with Gasteiger partial charge in [0.25, 0.3) is 0 Å². The first kappa shape index (κ1) is 10.0. The molecule has 0 atom stereocenters. The Bertz CT molecular complexity index is 374. The SMILES string of the molecule is COC(=O)/C(=N/O)c1cccc(N)c1. The van der Waals surface area contributed by atoms with Crippen molar-refractivity contribution in [3.8, 4) is 0 Å². The Hall–Kier alpha value is -2.04. The maximum atomic E-state index is 11.1. The molecule has 0 aliphatic carbocycles. The molecule has 0 saturated carbocycles. The highest BCUT2D eigenvalue weighted by molar-refractivity contribution is 6.43. The molecule has 1 aromatic carbocycles. The third-order valence-electron chi connectivity index (χ3n) is 1.64. The van der Waals surface area contributed by atoms with Crippen LogP contribution in [0, 0.1) is 0 Å². The van der Waals surface area contributed by atoms with Gasteiger partial charge in [0.2, 0.25) is 0 Å². The van der Waals surface area contributed by atoms with Gasteiger partial charge in [0.15, 0.2) is 5.71 Å². The van der Waals surface area contributed by atoms with Gasteiger partial charge >= 0.3 is 5.97 Å². The molecule has 0 unspecified atom stereocenters. The first-order chi connectivity index (χ1) is 6.69. The average molecular weight is 194 g/mol. The van der Waals surface area contributed by atoms with E-state index in [0.29, 0.717) is 11.3 Å². The van der Waals surface area contributed by atoms with E-state index in [0.717, 1.165) is 0 Å². The van der Waals surface area contributed by atoms with E-state index in [-0.39, 0.29) is 5.71 Å². The van der Waals surface area contributed by atoms with Crippen LogP contribution in [-0.4, -0.2) is 24.0 Å². The Labute approximate surface area is 80.8 Å². The normalized spacial score (nSPS) is 11.1. The number of esters is 1. The average Bonchev–Trinajstić information content (AvgIpc) is 2.19. The molecule has 0 aliphatic heterocycles. The van der Waals surface area contributed by atoms with E-state index >= 15 is 0 Å². The summed E-state index contributed by atoms with van der Waals surface area (Å²) in [6, 6.07) is 6.43. The molecule has 1 rings (SSSR count). The van der Waals surface area contributed by atoms with Crippen molar-refractivity contribution in [2.75, 3.05) is 12.8 Å². The highest BCUT2D eigenvalue weighted by Gasteiger charge is 2.14. The van der Waals surface area contributed by atoms with Crippen molar-refractivity contribution in [3.63, 3.8) is 0 Å². The predicted molar refractivity (Wildman–Crippen MR) is 51.2 cm³/mol. The lowest BCUT2D eigenvalue weighted by Gasteiger charge is -2.02. The Kier molecular flexibility index (Phi) is 3.06. The molecule has 14 heavy (non-hydrogen) atoms. The van der Waals surface area contributed by atoms with Crippen molar-refractivity contribution in [1.29, 1.82) is 0 Å². The molecule has 5 heteroatoms. The summed E-state index contributed by atoms with van der Waals surface area (Å²) in [5.41, 5.74) is 6.23. The molecular formula is C9H10N2O3. The number of nitrogens with zero attached hydrogens (tertiary/aromatic N) is 1. The van der Waals surface area contributed by atoms with Gasteiger partial charge in [-0.05, 0) is 12.1 Å². The highest BCUT2D eigenvalue weighted by Crippen LogP contribution is 2.08. The molecule has 0 saturated heterocycles. The Morgan fingerprint density at radius 2 is 2.29 bits per heavy atom. The van der Waals surface area contributed by atoms with Crippen LogP contribution in [0.2, 0.25) is 0 Å². The predicted octanol–water partition coefficient (Wildman–Crippen LogP) is 0.620. The number of hydrogen-bond donors (Lipinski definition) is 2. The van der Waals surface area contributed by atoms with Crippen LogP contribution in [0.1, 0.15) is 5.56 Å². The summed E-state index contributed by atoms with van der Waals surface area (Å²) < 4.78 is 4.43. The van der Waals surface area contributed by atoms with Gasteiger partial charge in [0.05, 0.1) is 7.11 Å². The molecule has 0 aromatic heterocycles. The minimum Gasteiger partial charge on any atom is -0.464 e. The van der Waals surface area contributed by atoms with Gasteiger partial charge in [0, 0.05) is 11.3 Å². The first-order valence-corrected chi connectivity index (χ1v) is 3.85. The number of anilines is 1. The third-order valence-corrected chi connectivity index (χ3v) is 1.64. The van der Waals surface area contributed by atoms with Crippen molar-refractivity contribution in [3.05, 3.63) is 29.8 Å². The molecule has 0 radical (unpaired) electrons. The molecule has 0 spiro atoms. The van der Waals surface area contributed by atoms with E-state index < -0.39 is 5.97 Å². The highest BCUT2D eigenvalue weighted by atomic mass is 16.5. The quantitative estimate of drug-likeness (QED) is 0.237. The van der Waals surface area contributed by atoms with Gasteiger partial charge in [-0.1, -0.05) is 17.3 Å². The van der Waals surface area contributed by atoms with E-state index in [9.17, 15) is 4.79 Å². The zero-order valence-corrected chi connectivity index (χ0v) is 7.60. The Morgan fingerprint density at radius 1 is 1.57 bits per heavy atom. The van der Waals surface area contributed by atoms with Crippen LogP contribution >= 0.6 is 0 Å².